The van der Waals surface area contributed by atoms with Gasteiger partial charge in [0, 0.05) is 13.1 Å². The van der Waals surface area contributed by atoms with Gasteiger partial charge in [-0.05, 0) is 17.5 Å². The molecule has 0 aliphatic carbocycles. The Morgan fingerprint density at radius 2 is 1.67 bits per heavy atom. The number of ether oxygens (including phenoxy) is 1. The zero-order chi connectivity index (χ0) is 16.8. The zero-order valence-electron chi connectivity index (χ0n) is 14.2. The van der Waals surface area contributed by atoms with Crippen molar-refractivity contribution in [3.05, 3.63) is 71.8 Å². The molecule has 1 aliphatic heterocycles. The van der Waals surface area contributed by atoms with Crippen molar-refractivity contribution in [3.8, 4) is 0 Å². The summed E-state index contributed by atoms with van der Waals surface area (Å²) in [6, 6.07) is 20.1. The van der Waals surface area contributed by atoms with E-state index in [9.17, 15) is 4.79 Å². The van der Waals surface area contributed by atoms with Crippen LogP contribution in [0.25, 0.3) is 0 Å². The lowest BCUT2D eigenvalue weighted by Gasteiger charge is -2.35. The van der Waals surface area contributed by atoms with Crippen LogP contribution in [0.15, 0.2) is 60.7 Å². The highest BCUT2D eigenvalue weighted by molar-refractivity contribution is 5.87. The molecule has 2 aromatic carbocycles. The van der Waals surface area contributed by atoms with E-state index in [2.05, 4.69) is 6.92 Å². The molecular weight excluding hydrogens is 298 g/mol. The Labute approximate surface area is 144 Å². The first-order valence-corrected chi connectivity index (χ1v) is 8.80. The molecule has 3 rings (SSSR count). The normalized spacial score (nSPS) is 17.9. The van der Waals surface area contributed by atoms with Gasteiger partial charge in [-0.3, -0.25) is 4.79 Å². The smallest absolute Gasteiger partial charge is 0.234 e. The second kappa shape index (κ2) is 8.11. The van der Waals surface area contributed by atoms with Crippen molar-refractivity contribution in [2.75, 3.05) is 19.7 Å². The van der Waals surface area contributed by atoms with Crippen molar-refractivity contribution >= 4 is 5.91 Å². The number of hydrogen-bond acceptors (Lipinski definition) is 2. The van der Waals surface area contributed by atoms with E-state index in [1.165, 1.54) is 0 Å². The number of nitrogens with zero attached hydrogens (tertiary/aromatic N) is 1. The van der Waals surface area contributed by atoms with Crippen LogP contribution in [0, 0.1) is 0 Å². The van der Waals surface area contributed by atoms with Crippen LogP contribution < -0.4 is 0 Å². The first-order chi connectivity index (χ1) is 11.8. The van der Waals surface area contributed by atoms with Crippen LogP contribution in [-0.4, -0.2) is 36.6 Å². The average Bonchev–Trinajstić information content (AvgIpc) is 2.64. The van der Waals surface area contributed by atoms with Crippen molar-refractivity contribution in [2.45, 2.75) is 31.8 Å². The Morgan fingerprint density at radius 1 is 1.08 bits per heavy atom. The van der Waals surface area contributed by atoms with Crippen molar-refractivity contribution < 1.29 is 9.53 Å². The van der Waals surface area contributed by atoms with E-state index in [-0.39, 0.29) is 17.9 Å². The van der Waals surface area contributed by atoms with E-state index >= 15 is 0 Å². The zero-order valence-corrected chi connectivity index (χ0v) is 14.2. The average molecular weight is 323 g/mol. The van der Waals surface area contributed by atoms with Crippen LogP contribution >= 0.6 is 0 Å². The summed E-state index contributed by atoms with van der Waals surface area (Å²) in [5.41, 5.74) is 2.10. The minimum Gasteiger partial charge on any atom is -0.375 e. The Hall–Kier alpha value is -2.13. The summed E-state index contributed by atoms with van der Waals surface area (Å²) in [5.74, 6) is -0.0652. The number of morpholine rings is 1. The molecule has 2 aromatic rings. The molecule has 1 unspecified atom stereocenters. The quantitative estimate of drug-likeness (QED) is 0.836. The molecule has 1 atom stereocenters. The Bertz CT molecular complexity index is 600. The van der Waals surface area contributed by atoms with Crippen LogP contribution in [0.1, 0.15) is 36.8 Å². The van der Waals surface area contributed by atoms with E-state index in [0.29, 0.717) is 19.7 Å². The van der Waals surface area contributed by atoms with Gasteiger partial charge in [0.1, 0.15) is 0 Å². The van der Waals surface area contributed by atoms with Crippen molar-refractivity contribution in [2.24, 2.45) is 0 Å². The maximum Gasteiger partial charge on any atom is 0.234 e. The summed E-state index contributed by atoms with van der Waals surface area (Å²) in [6.45, 7) is 4.16. The van der Waals surface area contributed by atoms with Crippen LogP contribution in [0.2, 0.25) is 0 Å². The molecule has 0 aromatic heterocycles. The highest BCUT2D eigenvalue weighted by Crippen LogP contribution is 2.28. The van der Waals surface area contributed by atoms with Gasteiger partial charge in [-0.2, -0.15) is 0 Å². The molecule has 1 fully saturated rings. The van der Waals surface area contributed by atoms with E-state index in [1.54, 1.807) is 0 Å². The highest BCUT2D eigenvalue weighted by Gasteiger charge is 2.30. The summed E-state index contributed by atoms with van der Waals surface area (Å²) in [5, 5.41) is 0. The summed E-state index contributed by atoms with van der Waals surface area (Å²) in [6.07, 6.45) is 2.25. The molecule has 24 heavy (non-hydrogen) atoms. The van der Waals surface area contributed by atoms with E-state index in [4.69, 9.17) is 4.74 Å². The summed E-state index contributed by atoms with van der Waals surface area (Å²) >= 11 is 0. The standard InChI is InChI=1S/C21H25NO2/c1-2-9-19-16-22(14-15-24-19)21(23)20(17-10-5-3-6-11-17)18-12-7-4-8-13-18/h3-8,10-13,19-20H,2,9,14-16H2,1H3. The molecule has 126 valence electrons. The highest BCUT2D eigenvalue weighted by atomic mass is 16.5. The Balaban J connectivity index is 1.87. The molecule has 1 saturated heterocycles. The minimum absolute atomic E-state index is 0.167. The lowest BCUT2D eigenvalue weighted by Crippen LogP contribution is -2.47. The molecule has 0 radical (unpaired) electrons. The first kappa shape index (κ1) is 16.7. The Kier molecular flexibility index (Phi) is 5.65. The second-order valence-electron chi connectivity index (χ2n) is 6.32. The summed E-state index contributed by atoms with van der Waals surface area (Å²) < 4.78 is 5.80. The largest absolute Gasteiger partial charge is 0.375 e. The van der Waals surface area contributed by atoms with Crippen LogP contribution in [0.5, 0.6) is 0 Å². The molecule has 3 heteroatoms. The monoisotopic (exact) mass is 323 g/mol. The van der Waals surface area contributed by atoms with Crippen LogP contribution in [-0.2, 0) is 9.53 Å². The van der Waals surface area contributed by atoms with E-state index in [0.717, 1.165) is 24.0 Å². The molecule has 1 amide bonds. The number of amides is 1. The number of carbonyl (C=O) groups is 1. The third kappa shape index (κ3) is 3.85. The Morgan fingerprint density at radius 3 is 2.21 bits per heavy atom. The number of carbonyl (C=O) groups excluding carboxylic acids is 1. The molecule has 0 N–H and O–H groups in total. The minimum atomic E-state index is -0.243. The predicted octanol–water partition coefficient (Wildman–Crippen LogP) is 3.85. The fraction of sp³-hybridized carbons (Fsp3) is 0.381. The molecule has 1 aliphatic rings. The number of rotatable bonds is 5. The lowest BCUT2D eigenvalue weighted by atomic mass is 9.89. The van der Waals surface area contributed by atoms with Gasteiger partial charge >= 0.3 is 0 Å². The van der Waals surface area contributed by atoms with Crippen LogP contribution in [0.3, 0.4) is 0 Å². The third-order valence-electron chi connectivity index (χ3n) is 4.57. The molecule has 3 nitrogen and oxygen atoms in total. The van der Waals surface area contributed by atoms with E-state index in [1.807, 2.05) is 65.6 Å². The van der Waals surface area contributed by atoms with Gasteiger partial charge in [0.05, 0.1) is 18.6 Å². The molecule has 0 bridgehead atoms. The maximum atomic E-state index is 13.3. The van der Waals surface area contributed by atoms with Crippen molar-refractivity contribution in [1.82, 2.24) is 4.90 Å². The third-order valence-corrected chi connectivity index (χ3v) is 4.57. The molecular formula is C21H25NO2. The van der Waals surface area contributed by atoms with Gasteiger partial charge in [-0.1, -0.05) is 74.0 Å². The van der Waals surface area contributed by atoms with Crippen LogP contribution in [0.4, 0.5) is 0 Å². The van der Waals surface area contributed by atoms with Gasteiger partial charge in [0.2, 0.25) is 5.91 Å². The lowest BCUT2D eigenvalue weighted by molar-refractivity contribution is -0.139. The van der Waals surface area contributed by atoms with E-state index < -0.39 is 0 Å². The fourth-order valence-electron chi connectivity index (χ4n) is 3.37. The molecule has 0 spiro atoms. The first-order valence-electron chi connectivity index (χ1n) is 8.80. The summed E-state index contributed by atoms with van der Waals surface area (Å²) in [7, 11) is 0. The fourth-order valence-corrected chi connectivity index (χ4v) is 3.37. The van der Waals surface area contributed by atoms with Gasteiger partial charge in [-0.15, -0.1) is 0 Å². The van der Waals surface area contributed by atoms with Crippen molar-refractivity contribution in [3.63, 3.8) is 0 Å². The topological polar surface area (TPSA) is 29.5 Å². The van der Waals surface area contributed by atoms with Gasteiger partial charge in [0.25, 0.3) is 0 Å². The second-order valence-corrected chi connectivity index (χ2v) is 6.32. The van der Waals surface area contributed by atoms with Crippen molar-refractivity contribution in [1.29, 1.82) is 0 Å². The molecule has 1 heterocycles. The maximum absolute atomic E-state index is 13.3. The molecule has 0 saturated carbocycles. The predicted molar refractivity (Wildman–Crippen MR) is 96.0 cm³/mol. The van der Waals surface area contributed by atoms with Gasteiger partial charge in [-0.25, -0.2) is 0 Å². The van der Waals surface area contributed by atoms with Gasteiger partial charge in [0.15, 0.2) is 0 Å². The van der Waals surface area contributed by atoms with Gasteiger partial charge < -0.3 is 9.64 Å². The number of hydrogen-bond donors (Lipinski definition) is 0. The summed E-state index contributed by atoms with van der Waals surface area (Å²) in [4.78, 5) is 15.3. The number of benzene rings is 2. The SMILES string of the molecule is CCCC1CN(C(=O)C(c2ccccc2)c2ccccc2)CCO1.